The molecule has 9 heteroatoms. The van der Waals surface area contributed by atoms with Crippen LogP contribution < -0.4 is 10.6 Å². The van der Waals surface area contributed by atoms with E-state index < -0.39 is 17.6 Å². The average Bonchev–Trinajstić information content (AvgIpc) is 3.16. The molecule has 0 unspecified atom stereocenters. The van der Waals surface area contributed by atoms with Gasteiger partial charge in [0.2, 0.25) is 0 Å². The van der Waals surface area contributed by atoms with E-state index in [4.69, 9.17) is 0 Å². The summed E-state index contributed by atoms with van der Waals surface area (Å²) in [5.74, 6) is -0.307. The molecular formula is C20H14F3N5O. The lowest BCUT2D eigenvalue weighted by molar-refractivity contribution is -0.137. The average molecular weight is 397 g/mol. The number of alkyl halides is 3. The number of nitrogens with zero attached hydrogens (tertiary/aromatic N) is 2. The van der Waals surface area contributed by atoms with E-state index in [9.17, 15) is 18.0 Å². The molecule has 2 aromatic carbocycles. The van der Waals surface area contributed by atoms with Crippen molar-refractivity contribution in [3.05, 3.63) is 78.1 Å². The van der Waals surface area contributed by atoms with Crippen LogP contribution in [0.4, 0.5) is 30.4 Å². The van der Waals surface area contributed by atoms with Gasteiger partial charge in [-0.15, -0.1) is 0 Å². The van der Waals surface area contributed by atoms with Crippen LogP contribution in [0.5, 0.6) is 0 Å². The van der Waals surface area contributed by atoms with E-state index in [1.54, 1.807) is 18.3 Å². The Kier molecular flexibility index (Phi) is 4.63. The van der Waals surface area contributed by atoms with E-state index in [-0.39, 0.29) is 17.1 Å². The van der Waals surface area contributed by atoms with Crippen LogP contribution in [0.15, 0.2) is 67.0 Å². The fourth-order valence-corrected chi connectivity index (χ4v) is 2.81. The maximum Gasteiger partial charge on any atom is 0.416 e. The molecule has 0 spiro atoms. The second kappa shape index (κ2) is 7.27. The van der Waals surface area contributed by atoms with Crippen LogP contribution >= 0.6 is 0 Å². The molecule has 4 rings (SSSR count). The van der Waals surface area contributed by atoms with Gasteiger partial charge < -0.3 is 10.6 Å². The second-order valence-corrected chi connectivity index (χ2v) is 6.23. The van der Waals surface area contributed by atoms with Gasteiger partial charge in [-0.3, -0.25) is 9.89 Å². The minimum absolute atomic E-state index is 0.0403. The highest BCUT2D eigenvalue weighted by molar-refractivity contribution is 6.07. The number of H-pyrrole nitrogens is 1. The second-order valence-electron chi connectivity index (χ2n) is 6.23. The van der Waals surface area contributed by atoms with Crippen molar-refractivity contribution in [1.29, 1.82) is 0 Å². The highest BCUT2D eigenvalue weighted by atomic mass is 19.4. The van der Waals surface area contributed by atoms with Gasteiger partial charge in [-0.05, 0) is 48.5 Å². The molecule has 0 fully saturated rings. The van der Waals surface area contributed by atoms with Crippen LogP contribution in [0.3, 0.4) is 0 Å². The molecule has 2 heterocycles. The molecular weight excluding hydrogens is 383 g/mol. The van der Waals surface area contributed by atoms with Crippen LogP contribution in [-0.2, 0) is 6.18 Å². The highest BCUT2D eigenvalue weighted by Gasteiger charge is 2.30. The lowest BCUT2D eigenvalue weighted by Crippen LogP contribution is -2.15. The summed E-state index contributed by atoms with van der Waals surface area (Å²) in [5.41, 5.74) is 0.871. The summed E-state index contributed by atoms with van der Waals surface area (Å²) in [6.45, 7) is 0. The zero-order valence-electron chi connectivity index (χ0n) is 14.8. The van der Waals surface area contributed by atoms with Gasteiger partial charge in [0.15, 0.2) is 0 Å². The van der Waals surface area contributed by atoms with Gasteiger partial charge >= 0.3 is 6.18 Å². The fraction of sp³-hybridized carbons (Fsp3) is 0.0500. The Morgan fingerprint density at radius 2 is 1.86 bits per heavy atom. The van der Waals surface area contributed by atoms with Crippen LogP contribution in [0.1, 0.15) is 15.9 Å². The number of fused-ring (bicyclic) bond motifs is 1. The van der Waals surface area contributed by atoms with Gasteiger partial charge in [-0.25, -0.2) is 4.98 Å². The summed E-state index contributed by atoms with van der Waals surface area (Å²) < 4.78 is 38.6. The van der Waals surface area contributed by atoms with E-state index in [0.29, 0.717) is 5.69 Å². The van der Waals surface area contributed by atoms with Gasteiger partial charge in [0.25, 0.3) is 5.91 Å². The number of aromatic nitrogens is 3. The van der Waals surface area contributed by atoms with Crippen molar-refractivity contribution in [2.24, 2.45) is 0 Å². The first-order valence-electron chi connectivity index (χ1n) is 8.54. The minimum Gasteiger partial charge on any atom is -0.340 e. The number of aromatic amines is 1. The third kappa shape index (κ3) is 4.03. The molecule has 2 aromatic heterocycles. The van der Waals surface area contributed by atoms with Crippen molar-refractivity contribution >= 4 is 34.0 Å². The number of hydrogen-bond acceptors (Lipinski definition) is 4. The first-order valence-corrected chi connectivity index (χ1v) is 8.54. The van der Waals surface area contributed by atoms with Crippen molar-refractivity contribution in [2.75, 3.05) is 10.6 Å². The number of pyridine rings is 1. The summed E-state index contributed by atoms with van der Waals surface area (Å²) in [6.07, 6.45) is -1.29. The molecule has 3 N–H and O–H groups in total. The number of nitrogens with one attached hydrogen (secondary N) is 3. The van der Waals surface area contributed by atoms with Crippen molar-refractivity contribution in [2.45, 2.75) is 6.18 Å². The number of halogens is 3. The molecule has 0 radical (unpaired) electrons. The molecule has 29 heavy (non-hydrogen) atoms. The zero-order chi connectivity index (χ0) is 20.4. The van der Waals surface area contributed by atoms with E-state index in [1.165, 1.54) is 24.4 Å². The first-order chi connectivity index (χ1) is 13.9. The summed E-state index contributed by atoms with van der Waals surface area (Å²) in [7, 11) is 0. The molecule has 0 saturated heterocycles. The van der Waals surface area contributed by atoms with Gasteiger partial charge in [-0.2, -0.15) is 18.3 Å². The van der Waals surface area contributed by atoms with Gasteiger partial charge in [0.05, 0.1) is 22.8 Å². The normalized spacial score (nSPS) is 11.4. The Balaban J connectivity index is 1.58. The molecule has 4 aromatic rings. The standard InChI is InChI=1S/C20H14F3N5O/c21-20(22,23)13-3-1-4-14(9-13)27-19(29)16-5-2-8-24-18(16)26-15-7-6-12-11-25-28-17(12)10-15/h1-11H,(H,24,26)(H,25,28)(H,27,29). The lowest BCUT2D eigenvalue weighted by atomic mass is 10.1. The number of carbonyl (C=O) groups is 1. The molecule has 1 amide bonds. The van der Waals surface area contributed by atoms with E-state index in [0.717, 1.165) is 23.0 Å². The van der Waals surface area contributed by atoms with Crippen molar-refractivity contribution in [3.8, 4) is 0 Å². The Bertz CT molecular complexity index is 1190. The highest BCUT2D eigenvalue weighted by Crippen LogP contribution is 2.31. The maximum atomic E-state index is 12.9. The molecule has 0 aliphatic rings. The number of anilines is 3. The Hall–Kier alpha value is -3.88. The monoisotopic (exact) mass is 397 g/mol. The number of hydrogen-bond donors (Lipinski definition) is 3. The molecule has 0 aliphatic heterocycles. The summed E-state index contributed by atoms with van der Waals surface area (Å²) >= 11 is 0. The lowest BCUT2D eigenvalue weighted by Gasteiger charge is -2.12. The van der Waals surface area contributed by atoms with Gasteiger partial charge in [0, 0.05) is 23.0 Å². The zero-order valence-corrected chi connectivity index (χ0v) is 14.8. The van der Waals surface area contributed by atoms with Crippen LogP contribution in [0.25, 0.3) is 10.9 Å². The molecule has 146 valence electrons. The van der Waals surface area contributed by atoms with Crippen LogP contribution in [-0.4, -0.2) is 21.1 Å². The minimum atomic E-state index is -4.49. The quantitative estimate of drug-likeness (QED) is 0.454. The van der Waals surface area contributed by atoms with E-state index in [2.05, 4.69) is 25.8 Å². The summed E-state index contributed by atoms with van der Waals surface area (Å²) in [4.78, 5) is 16.9. The van der Waals surface area contributed by atoms with Crippen molar-refractivity contribution in [3.63, 3.8) is 0 Å². The van der Waals surface area contributed by atoms with Crippen molar-refractivity contribution < 1.29 is 18.0 Å². The Labute approximate surface area is 162 Å². The Morgan fingerprint density at radius 3 is 2.69 bits per heavy atom. The third-order valence-corrected chi connectivity index (χ3v) is 4.20. The largest absolute Gasteiger partial charge is 0.416 e. The number of rotatable bonds is 4. The third-order valence-electron chi connectivity index (χ3n) is 4.20. The number of benzene rings is 2. The topological polar surface area (TPSA) is 82.7 Å². The summed E-state index contributed by atoms with van der Waals surface area (Å²) in [6, 6.07) is 13.0. The summed E-state index contributed by atoms with van der Waals surface area (Å²) in [5, 5.41) is 13.3. The molecule has 6 nitrogen and oxygen atoms in total. The smallest absolute Gasteiger partial charge is 0.340 e. The molecule has 0 bridgehead atoms. The fourth-order valence-electron chi connectivity index (χ4n) is 2.81. The van der Waals surface area contributed by atoms with Gasteiger partial charge in [0.1, 0.15) is 5.82 Å². The Morgan fingerprint density at radius 1 is 1.00 bits per heavy atom. The molecule has 0 saturated carbocycles. The van der Waals surface area contributed by atoms with E-state index >= 15 is 0 Å². The number of amides is 1. The molecule has 0 aliphatic carbocycles. The van der Waals surface area contributed by atoms with Gasteiger partial charge in [-0.1, -0.05) is 6.07 Å². The number of carbonyl (C=O) groups excluding carboxylic acids is 1. The van der Waals surface area contributed by atoms with Crippen molar-refractivity contribution in [1.82, 2.24) is 15.2 Å². The van der Waals surface area contributed by atoms with E-state index in [1.807, 2.05) is 12.1 Å². The first kappa shape index (κ1) is 18.5. The predicted octanol–water partition coefficient (Wildman–Crippen LogP) is 4.97. The maximum absolute atomic E-state index is 12.9. The SMILES string of the molecule is O=C(Nc1cccc(C(F)(F)F)c1)c1cccnc1Nc1ccc2cn[nH]c2c1. The van der Waals surface area contributed by atoms with Crippen LogP contribution in [0, 0.1) is 0 Å². The van der Waals surface area contributed by atoms with Crippen LogP contribution in [0.2, 0.25) is 0 Å². The predicted molar refractivity (Wildman–Crippen MR) is 103 cm³/mol. The molecule has 0 atom stereocenters.